The van der Waals surface area contributed by atoms with E-state index in [2.05, 4.69) is 4.90 Å². The molecular weight excluding hydrogens is 308 g/mol. The van der Waals surface area contributed by atoms with Gasteiger partial charge in [-0.05, 0) is 51.1 Å². The van der Waals surface area contributed by atoms with Gasteiger partial charge in [-0.25, -0.2) is 8.42 Å². The summed E-state index contributed by atoms with van der Waals surface area (Å²) in [4.78, 5) is 2.48. The molecular formula is C15H23ClN2O2S. The van der Waals surface area contributed by atoms with E-state index in [-0.39, 0.29) is 0 Å². The second-order valence-corrected chi connectivity index (χ2v) is 8.02. The Hall–Kier alpha value is -0.620. The Labute approximate surface area is 132 Å². The molecule has 21 heavy (non-hydrogen) atoms. The molecule has 1 aliphatic rings. The fourth-order valence-electron chi connectivity index (χ4n) is 2.65. The maximum atomic E-state index is 12.7. The molecule has 1 aromatic rings. The molecule has 0 aromatic heterocycles. The van der Waals surface area contributed by atoms with E-state index >= 15 is 0 Å². The highest BCUT2D eigenvalue weighted by Crippen LogP contribution is 2.22. The molecule has 0 aliphatic carbocycles. The molecule has 6 heteroatoms. The number of halogens is 1. The van der Waals surface area contributed by atoms with Crippen molar-refractivity contribution in [2.24, 2.45) is 0 Å². The first kappa shape index (κ1) is 16.7. The second-order valence-electron chi connectivity index (χ2n) is 5.71. The molecule has 1 atom stereocenters. The van der Waals surface area contributed by atoms with Crippen LogP contribution in [-0.4, -0.2) is 56.7 Å². The van der Waals surface area contributed by atoms with E-state index in [1.54, 1.807) is 16.4 Å². The van der Waals surface area contributed by atoms with Crippen LogP contribution in [0.4, 0.5) is 0 Å². The van der Waals surface area contributed by atoms with Crippen molar-refractivity contribution >= 4 is 21.6 Å². The molecule has 1 heterocycles. The Kier molecular flexibility index (Phi) is 5.66. The first-order chi connectivity index (χ1) is 9.95. The van der Waals surface area contributed by atoms with Crippen LogP contribution in [0.15, 0.2) is 29.2 Å². The minimum atomic E-state index is -3.39. The normalized spacial score (nSPS) is 20.9. The molecule has 0 radical (unpaired) electrons. The summed E-state index contributed by atoms with van der Waals surface area (Å²) >= 11 is 5.70. The predicted octanol–water partition coefficient (Wildman–Crippen LogP) is 2.18. The van der Waals surface area contributed by atoms with Crippen LogP contribution < -0.4 is 0 Å². The molecule has 1 unspecified atom stereocenters. The highest BCUT2D eigenvalue weighted by Gasteiger charge is 2.30. The number of aryl methyl sites for hydroxylation is 1. The number of sulfonamides is 1. The molecule has 0 amide bonds. The van der Waals surface area contributed by atoms with Gasteiger partial charge in [0.25, 0.3) is 0 Å². The van der Waals surface area contributed by atoms with Gasteiger partial charge in [-0.3, -0.25) is 0 Å². The highest BCUT2D eigenvalue weighted by molar-refractivity contribution is 7.89. The monoisotopic (exact) mass is 330 g/mol. The van der Waals surface area contributed by atoms with Gasteiger partial charge in [-0.1, -0.05) is 12.1 Å². The summed E-state index contributed by atoms with van der Waals surface area (Å²) in [6, 6.07) is 7.38. The lowest BCUT2D eigenvalue weighted by Gasteiger charge is -2.35. The maximum Gasteiger partial charge on any atom is 0.243 e. The van der Waals surface area contributed by atoms with E-state index in [9.17, 15) is 8.42 Å². The van der Waals surface area contributed by atoms with Gasteiger partial charge in [0.05, 0.1) is 4.90 Å². The van der Waals surface area contributed by atoms with Crippen LogP contribution in [0.2, 0.25) is 0 Å². The molecule has 1 aliphatic heterocycles. The lowest BCUT2D eigenvalue weighted by molar-refractivity contribution is 0.190. The Bertz CT molecular complexity index is 558. The van der Waals surface area contributed by atoms with Crippen LogP contribution in [0.25, 0.3) is 0 Å². The number of likely N-dealkylation sites (N-methyl/N-ethyl adjacent to an activating group) is 1. The fourth-order valence-corrected chi connectivity index (χ4v) is 4.38. The fraction of sp³-hybridized carbons (Fsp3) is 0.600. The third kappa shape index (κ3) is 3.97. The summed E-state index contributed by atoms with van der Waals surface area (Å²) in [5.74, 6) is 0.544. The maximum absolute atomic E-state index is 12.7. The molecule has 0 N–H and O–H groups in total. The Morgan fingerprint density at radius 2 is 1.95 bits per heavy atom. The number of piperidine rings is 1. The van der Waals surface area contributed by atoms with Gasteiger partial charge in [0.1, 0.15) is 0 Å². The van der Waals surface area contributed by atoms with Crippen LogP contribution in [0.1, 0.15) is 18.4 Å². The van der Waals surface area contributed by atoms with E-state index in [0.717, 1.165) is 24.8 Å². The first-order valence-corrected chi connectivity index (χ1v) is 9.24. The molecule has 1 fully saturated rings. The van der Waals surface area contributed by atoms with Gasteiger partial charge in [-0.2, -0.15) is 4.31 Å². The minimum Gasteiger partial charge on any atom is -0.305 e. The number of hydrogen-bond donors (Lipinski definition) is 0. The molecule has 118 valence electrons. The van der Waals surface area contributed by atoms with E-state index in [4.69, 9.17) is 11.6 Å². The molecule has 0 bridgehead atoms. The van der Waals surface area contributed by atoms with Gasteiger partial charge in [0.2, 0.25) is 10.0 Å². The lowest BCUT2D eigenvalue weighted by Crippen LogP contribution is -2.47. The van der Waals surface area contributed by atoms with Gasteiger partial charge in [-0.15, -0.1) is 11.6 Å². The Morgan fingerprint density at radius 1 is 1.29 bits per heavy atom. The Morgan fingerprint density at radius 3 is 2.52 bits per heavy atom. The van der Waals surface area contributed by atoms with Crippen LogP contribution in [-0.2, 0) is 16.4 Å². The zero-order chi connectivity index (χ0) is 15.5. The van der Waals surface area contributed by atoms with Gasteiger partial charge >= 0.3 is 0 Å². The summed E-state index contributed by atoms with van der Waals surface area (Å²) < 4.78 is 27.0. The van der Waals surface area contributed by atoms with Gasteiger partial charge in [0.15, 0.2) is 0 Å². The molecule has 0 saturated carbocycles. The topological polar surface area (TPSA) is 40.6 Å². The predicted molar refractivity (Wildman–Crippen MR) is 86.3 cm³/mol. The Balaban J connectivity index is 2.17. The molecule has 4 nitrogen and oxygen atoms in total. The van der Waals surface area contributed by atoms with E-state index < -0.39 is 10.0 Å². The van der Waals surface area contributed by atoms with E-state index in [0.29, 0.717) is 29.9 Å². The van der Waals surface area contributed by atoms with Crippen molar-refractivity contribution in [1.82, 2.24) is 9.21 Å². The summed E-state index contributed by atoms with van der Waals surface area (Å²) in [6.45, 7) is 1.18. The summed E-state index contributed by atoms with van der Waals surface area (Å²) in [5, 5.41) is 0. The van der Waals surface area contributed by atoms with Crippen molar-refractivity contribution < 1.29 is 8.42 Å². The van der Waals surface area contributed by atoms with Crippen molar-refractivity contribution in [1.29, 1.82) is 0 Å². The number of nitrogens with zero attached hydrogens (tertiary/aromatic N) is 2. The minimum absolute atomic E-state index is 0.295. The number of hydrogen-bond acceptors (Lipinski definition) is 3. The van der Waals surface area contributed by atoms with E-state index in [1.807, 2.05) is 26.2 Å². The zero-order valence-electron chi connectivity index (χ0n) is 12.6. The van der Waals surface area contributed by atoms with Crippen LogP contribution in [0.3, 0.4) is 0 Å². The van der Waals surface area contributed by atoms with Crippen LogP contribution >= 0.6 is 11.6 Å². The second kappa shape index (κ2) is 7.09. The smallest absolute Gasteiger partial charge is 0.243 e. The van der Waals surface area contributed by atoms with Crippen LogP contribution in [0, 0.1) is 0 Å². The highest BCUT2D eigenvalue weighted by atomic mass is 35.5. The average Bonchev–Trinajstić information content (AvgIpc) is 2.48. The number of alkyl halides is 1. The SMILES string of the molecule is CN(C)C1CCCN(S(=O)(=O)c2ccc(CCCl)cc2)C1. The first-order valence-electron chi connectivity index (χ1n) is 7.26. The van der Waals surface area contributed by atoms with Crippen molar-refractivity contribution in [3.63, 3.8) is 0 Å². The van der Waals surface area contributed by atoms with Crippen molar-refractivity contribution in [3.05, 3.63) is 29.8 Å². The summed E-state index contributed by atoms with van der Waals surface area (Å²) in [7, 11) is 0.617. The molecule has 1 aromatic carbocycles. The van der Waals surface area contributed by atoms with Gasteiger partial charge < -0.3 is 4.90 Å². The number of benzene rings is 1. The van der Waals surface area contributed by atoms with Gasteiger partial charge in [0, 0.05) is 25.0 Å². The third-order valence-corrected chi connectivity index (χ3v) is 6.10. The number of rotatable bonds is 5. The summed E-state index contributed by atoms with van der Waals surface area (Å²) in [6.07, 6.45) is 2.72. The summed E-state index contributed by atoms with van der Waals surface area (Å²) in [5.41, 5.74) is 1.06. The van der Waals surface area contributed by atoms with Crippen molar-refractivity contribution in [2.45, 2.75) is 30.2 Å². The zero-order valence-corrected chi connectivity index (χ0v) is 14.2. The lowest BCUT2D eigenvalue weighted by atomic mass is 10.1. The van der Waals surface area contributed by atoms with Crippen molar-refractivity contribution in [2.75, 3.05) is 33.1 Å². The third-order valence-electron chi connectivity index (χ3n) is 4.03. The largest absolute Gasteiger partial charge is 0.305 e. The van der Waals surface area contributed by atoms with Crippen molar-refractivity contribution in [3.8, 4) is 0 Å². The molecule has 1 saturated heterocycles. The molecule has 2 rings (SSSR count). The quantitative estimate of drug-likeness (QED) is 0.777. The standard InChI is InChI=1S/C15H23ClN2O2S/c1-17(2)14-4-3-11-18(12-14)21(19,20)15-7-5-13(6-8-15)9-10-16/h5-8,14H,3-4,9-12H2,1-2H3. The average molecular weight is 331 g/mol. The molecule has 0 spiro atoms. The van der Waals surface area contributed by atoms with E-state index in [1.165, 1.54) is 0 Å². The van der Waals surface area contributed by atoms with Crippen LogP contribution in [0.5, 0.6) is 0 Å².